The van der Waals surface area contributed by atoms with Crippen molar-refractivity contribution in [2.75, 3.05) is 53.1 Å². The molecule has 0 amide bonds. The van der Waals surface area contributed by atoms with Crippen LogP contribution in [0.25, 0.3) is 0 Å². The second-order valence-electron chi connectivity index (χ2n) is 7.98. The maximum Gasteiger partial charge on any atom is 0.124 e. The molecular formula is C21H32N2O3. The van der Waals surface area contributed by atoms with Crippen molar-refractivity contribution < 1.29 is 14.2 Å². The van der Waals surface area contributed by atoms with Crippen molar-refractivity contribution >= 4 is 0 Å². The summed E-state index contributed by atoms with van der Waals surface area (Å²) in [6.07, 6.45) is 4.45. The Morgan fingerprint density at radius 3 is 2.69 bits per heavy atom. The van der Waals surface area contributed by atoms with Gasteiger partial charge in [0, 0.05) is 77.5 Å². The Morgan fingerprint density at radius 1 is 1.15 bits per heavy atom. The van der Waals surface area contributed by atoms with Gasteiger partial charge in [-0.1, -0.05) is 18.2 Å². The van der Waals surface area contributed by atoms with E-state index < -0.39 is 0 Å². The second-order valence-corrected chi connectivity index (χ2v) is 7.98. The summed E-state index contributed by atoms with van der Waals surface area (Å²) in [5.74, 6) is 1.09. The van der Waals surface area contributed by atoms with Crippen molar-refractivity contribution in [3.05, 3.63) is 29.8 Å². The Balaban J connectivity index is 1.52. The number of likely N-dealkylation sites (tertiary alicyclic amines) is 1. The molecule has 3 aliphatic heterocycles. The molecule has 1 aromatic rings. The molecule has 0 atom stereocenters. The molecule has 4 rings (SSSR count). The fraction of sp³-hybridized carbons (Fsp3) is 0.714. The van der Waals surface area contributed by atoms with Gasteiger partial charge in [-0.3, -0.25) is 4.90 Å². The van der Waals surface area contributed by atoms with Gasteiger partial charge < -0.3 is 19.1 Å². The molecule has 1 spiro atoms. The van der Waals surface area contributed by atoms with Crippen molar-refractivity contribution in [3.8, 4) is 5.75 Å². The van der Waals surface area contributed by atoms with E-state index in [2.05, 4.69) is 34.1 Å². The Morgan fingerprint density at radius 2 is 1.92 bits per heavy atom. The summed E-state index contributed by atoms with van der Waals surface area (Å²) in [6.45, 7) is 7.82. The van der Waals surface area contributed by atoms with Gasteiger partial charge in [-0.2, -0.15) is 0 Å². The number of benzene rings is 1. The first kappa shape index (κ1) is 18.2. The zero-order valence-corrected chi connectivity index (χ0v) is 16.0. The standard InChI is InChI=1S/C21H32N2O3/c1-24-15-12-22-10-8-21(9-11-22)17-23(19-6-13-25-14-7-19)16-18-4-2-3-5-20(18)26-21/h2-5,19H,6-17H2,1H3. The molecule has 0 aromatic heterocycles. The number of rotatable bonds is 4. The van der Waals surface area contributed by atoms with Crippen LogP contribution in [-0.4, -0.2) is 74.6 Å². The maximum absolute atomic E-state index is 6.73. The lowest BCUT2D eigenvalue weighted by atomic mass is 9.89. The number of hydrogen-bond donors (Lipinski definition) is 0. The summed E-state index contributed by atoms with van der Waals surface area (Å²) in [5, 5.41) is 0. The molecule has 5 heteroatoms. The van der Waals surface area contributed by atoms with E-state index in [1.165, 1.54) is 5.56 Å². The minimum absolute atomic E-state index is 0.0610. The van der Waals surface area contributed by atoms with Crippen molar-refractivity contribution in [2.24, 2.45) is 0 Å². The topological polar surface area (TPSA) is 34.2 Å². The third kappa shape index (κ3) is 4.06. The first-order valence-corrected chi connectivity index (χ1v) is 10.1. The molecule has 0 unspecified atom stereocenters. The van der Waals surface area contributed by atoms with Crippen LogP contribution in [0.5, 0.6) is 5.75 Å². The van der Waals surface area contributed by atoms with Crippen LogP contribution in [0, 0.1) is 0 Å². The predicted octanol–water partition coefficient (Wildman–Crippen LogP) is 2.54. The van der Waals surface area contributed by atoms with Gasteiger partial charge in [-0.25, -0.2) is 0 Å². The molecule has 0 bridgehead atoms. The summed E-state index contributed by atoms with van der Waals surface area (Å²) < 4.78 is 17.6. The molecule has 0 aliphatic carbocycles. The lowest BCUT2D eigenvalue weighted by Gasteiger charge is -2.44. The fourth-order valence-electron chi connectivity index (χ4n) is 4.62. The SMILES string of the molecule is COCCN1CCC2(CC1)CN(C1CCOCC1)Cc1ccccc1O2. The van der Waals surface area contributed by atoms with Crippen molar-refractivity contribution in [2.45, 2.75) is 43.9 Å². The van der Waals surface area contributed by atoms with E-state index >= 15 is 0 Å². The van der Waals surface area contributed by atoms with Gasteiger partial charge in [0.2, 0.25) is 0 Å². The van der Waals surface area contributed by atoms with E-state index in [0.29, 0.717) is 6.04 Å². The zero-order chi connectivity index (χ0) is 17.8. The van der Waals surface area contributed by atoms with Gasteiger partial charge in [0.25, 0.3) is 0 Å². The summed E-state index contributed by atoms with van der Waals surface area (Å²) in [4.78, 5) is 5.19. The van der Waals surface area contributed by atoms with Gasteiger partial charge in [0.15, 0.2) is 0 Å². The van der Waals surface area contributed by atoms with Crippen LogP contribution < -0.4 is 4.74 Å². The number of ether oxygens (including phenoxy) is 3. The third-order valence-corrected chi connectivity index (χ3v) is 6.25. The van der Waals surface area contributed by atoms with Gasteiger partial charge in [0.05, 0.1) is 6.61 Å². The van der Waals surface area contributed by atoms with E-state index in [-0.39, 0.29) is 5.60 Å². The molecule has 2 fully saturated rings. The Bertz CT molecular complexity index is 580. The van der Waals surface area contributed by atoms with Gasteiger partial charge in [0.1, 0.15) is 11.4 Å². The molecule has 0 N–H and O–H groups in total. The van der Waals surface area contributed by atoms with Crippen molar-refractivity contribution in [1.29, 1.82) is 0 Å². The number of fused-ring (bicyclic) bond motifs is 1. The van der Waals surface area contributed by atoms with E-state index in [9.17, 15) is 0 Å². The Kier molecular flexibility index (Phi) is 5.79. The number of hydrogen-bond acceptors (Lipinski definition) is 5. The highest BCUT2D eigenvalue weighted by Gasteiger charge is 2.42. The lowest BCUT2D eigenvalue weighted by molar-refractivity contribution is -0.0434. The number of piperidine rings is 1. The van der Waals surface area contributed by atoms with Crippen LogP contribution in [0.1, 0.15) is 31.2 Å². The molecule has 3 heterocycles. The van der Waals surface area contributed by atoms with Crippen LogP contribution in [0.2, 0.25) is 0 Å². The molecular weight excluding hydrogens is 328 g/mol. The van der Waals surface area contributed by atoms with Gasteiger partial charge in [-0.15, -0.1) is 0 Å². The summed E-state index contributed by atoms with van der Waals surface area (Å²) >= 11 is 0. The van der Waals surface area contributed by atoms with Gasteiger partial charge in [-0.05, 0) is 18.9 Å². The van der Waals surface area contributed by atoms with Gasteiger partial charge >= 0.3 is 0 Å². The molecule has 5 nitrogen and oxygen atoms in total. The van der Waals surface area contributed by atoms with Crippen LogP contribution in [0.3, 0.4) is 0 Å². The smallest absolute Gasteiger partial charge is 0.124 e. The van der Waals surface area contributed by atoms with E-state index in [0.717, 1.165) is 84.0 Å². The number of para-hydroxylation sites is 1. The minimum atomic E-state index is -0.0610. The van der Waals surface area contributed by atoms with Crippen molar-refractivity contribution in [3.63, 3.8) is 0 Å². The monoisotopic (exact) mass is 360 g/mol. The van der Waals surface area contributed by atoms with E-state index in [1.54, 1.807) is 7.11 Å². The van der Waals surface area contributed by atoms with Crippen LogP contribution >= 0.6 is 0 Å². The van der Waals surface area contributed by atoms with Crippen LogP contribution in [0.15, 0.2) is 24.3 Å². The Hall–Kier alpha value is -1.14. The van der Waals surface area contributed by atoms with Crippen LogP contribution in [-0.2, 0) is 16.0 Å². The lowest BCUT2D eigenvalue weighted by Crippen LogP contribution is -2.55. The van der Waals surface area contributed by atoms with E-state index in [4.69, 9.17) is 14.2 Å². The highest BCUT2D eigenvalue weighted by Crippen LogP contribution is 2.37. The minimum Gasteiger partial charge on any atom is -0.486 e. The highest BCUT2D eigenvalue weighted by molar-refractivity contribution is 5.35. The average Bonchev–Trinajstić information content (AvgIpc) is 2.85. The molecule has 0 saturated carbocycles. The second kappa shape index (κ2) is 8.26. The molecule has 3 aliphatic rings. The molecule has 144 valence electrons. The van der Waals surface area contributed by atoms with Crippen molar-refractivity contribution in [1.82, 2.24) is 9.80 Å². The fourth-order valence-corrected chi connectivity index (χ4v) is 4.62. The average molecular weight is 360 g/mol. The molecule has 1 aromatic carbocycles. The normalized spacial score (nSPS) is 24.8. The largest absolute Gasteiger partial charge is 0.486 e. The number of nitrogens with zero attached hydrogens (tertiary/aromatic N) is 2. The highest BCUT2D eigenvalue weighted by atomic mass is 16.5. The number of methoxy groups -OCH3 is 1. The van der Waals surface area contributed by atoms with Crippen LogP contribution in [0.4, 0.5) is 0 Å². The third-order valence-electron chi connectivity index (χ3n) is 6.25. The zero-order valence-electron chi connectivity index (χ0n) is 16.0. The first-order valence-electron chi connectivity index (χ1n) is 10.1. The maximum atomic E-state index is 6.73. The molecule has 0 radical (unpaired) electrons. The molecule has 26 heavy (non-hydrogen) atoms. The predicted molar refractivity (Wildman–Crippen MR) is 102 cm³/mol. The summed E-state index contributed by atoms with van der Waals surface area (Å²) in [7, 11) is 1.78. The first-order chi connectivity index (χ1) is 12.8. The Labute approximate surface area is 157 Å². The summed E-state index contributed by atoms with van der Waals surface area (Å²) in [6, 6.07) is 9.23. The summed E-state index contributed by atoms with van der Waals surface area (Å²) in [5.41, 5.74) is 1.27. The van der Waals surface area contributed by atoms with E-state index in [1.807, 2.05) is 0 Å². The quantitative estimate of drug-likeness (QED) is 0.824. The molecule has 2 saturated heterocycles.